The van der Waals surface area contributed by atoms with Gasteiger partial charge in [-0.25, -0.2) is 4.98 Å². The number of benzene rings is 2. The number of aromatic amines is 1. The number of rotatable bonds is 9. The van der Waals surface area contributed by atoms with Crippen molar-refractivity contribution in [2.24, 2.45) is 5.92 Å². The summed E-state index contributed by atoms with van der Waals surface area (Å²) in [7, 11) is 0. The van der Waals surface area contributed by atoms with Crippen molar-refractivity contribution in [3.05, 3.63) is 58.9 Å². The van der Waals surface area contributed by atoms with Crippen LogP contribution in [0.2, 0.25) is 5.02 Å². The number of carbonyl (C=O) groups is 1. The van der Waals surface area contributed by atoms with E-state index in [1.807, 2.05) is 44.4 Å². The Labute approximate surface area is 199 Å². The van der Waals surface area contributed by atoms with E-state index in [-0.39, 0.29) is 28.6 Å². The third-order valence-corrected chi connectivity index (χ3v) is 6.18. The SMILES string of the molecule is CSCCC(NC(=O)C(Nc1ccc(C(F)(F)F)cc1Cl)C(C)C)c1nc2ccccc2[nH]1. The van der Waals surface area contributed by atoms with E-state index in [1.165, 1.54) is 6.07 Å². The molecule has 5 nitrogen and oxygen atoms in total. The van der Waals surface area contributed by atoms with Crippen LogP contribution in [0.5, 0.6) is 0 Å². The minimum atomic E-state index is -4.49. The van der Waals surface area contributed by atoms with Gasteiger partial charge >= 0.3 is 6.18 Å². The highest BCUT2D eigenvalue weighted by Gasteiger charge is 2.32. The number of amides is 1. The molecule has 0 aliphatic heterocycles. The molecule has 2 unspecified atom stereocenters. The fourth-order valence-corrected chi connectivity index (χ4v) is 4.13. The Balaban J connectivity index is 1.81. The number of anilines is 1. The second-order valence-electron chi connectivity index (χ2n) is 8.04. The second kappa shape index (κ2) is 10.7. The van der Waals surface area contributed by atoms with E-state index in [0.717, 1.165) is 28.9 Å². The first-order valence-electron chi connectivity index (χ1n) is 10.5. The van der Waals surface area contributed by atoms with E-state index in [0.29, 0.717) is 12.2 Å². The summed E-state index contributed by atoms with van der Waals surface area (Å²) in [4.78, 5) is 21.1. The van der Waals surface area contributed by atoms with Crippen LogP contribution in [0.25, 0.3) is 11.0 Å². The van der Waals surface area contributed by atoms with Gasteiger partial charge in [0.15, 0.2) is 0 Å². The topological polar surface area (TPSA) is 69.8 Å². The molecule has 3 aromatic rings. The lowest BCUT2D eigenvalue weighted by Crippen LogP contribution is -2.44. The van der Waals surface area contributed by atoms with Crippen LogP contribution in [-0.2, 0) is 11.0 Å². The van der Waals surface area contributed by atoms with Gasteiger partial charge in [0.25, 0.3) is 0 Å². The number of halogens is 4. The normalized spacial score (nSPS) is 13.8. The van der Waals surface area contributed by atoms with Crippen molar-refractivity contribution < 1.29 is 18.0 Å². The number of para-hydroxylation sites is 2. The van der Waals surface area contributed by atoms with Crippen LogP contribution < -0.4 is 10.6 Å². The van der Waals surface area contributed by atoms with E-state index in [1.54, 1.807) is 11.8 Å². The van der Waals surface area contributed by atoms with Crippen molar-refractivity contribution in [1.29, 1.82) is 0 Å². The first-order valence-corrected chi connectivity index (χ1v) is 12.2. The van der Waals surface area contributed by atoms with Gasteiger partial charge in [-0.1, -0.05) is 37.6 Å². The maximum Gasteiger partial charge on any atom is 0.416 e. The largest absolute Gasteiger partial charge is 0.416 e. The monoisotopic (exact) mass is 498 g/mol. The molecule has 2 aromatic carbocycles. The van der Waals surface area contributed by atoms with E-state index >= 15 is 0 Å². The molecule has 0 spiro atoms. The van der Waals surface area contributed by atoms with Gasteiger partial charge in [-0.05, 0) is 54.7 Å². The zero-order chi connectivity index (χ0) is 24.2. The summed E-state index contributed by atoms with van der Waals surface area (Å²) in [6.07, 6.45) is -1.84. The lowest BCUT2D eigenvalue weighted by molar-refractivity contribution is -0.137. The van der Waals surface area contributed by atoms with Crippen molar-refractivity contribution in [2.45, 2.75) is 38.5 Å². The highest BCUT2D eigenvalue weighted by atomic mass is 35.5. The third kappa shape index (κ3) is 6.35. The Morgan fingerprint density at radius 2 is 1.94 bits per heavy atom. The highest BCUT2D eigenvalue weighted by Crippen LogP contribution is 2.34. The zero-order valence-corrected chi connectivity index (χ0v) is 20.0. The van der Waals surface area contributed by atoms with Gasteiger partial charge in [-0.15, -0.1) is 0 Å². The lowest BCUT2D eigenvalue weighted by Gasteiger charge is -2.26. The van der Waals surface area contributed by atoms with Gasteiger partial charge in [0, 0.05) is 0 Å². The number of nitrogens with zero attached hydrogens (tertiary/aromatic N) is 1. The molecule has 0 bridgehead atoms. The molecule has 0 fully saturated rings. The highest BCUT2D eigenvalue weighted by molar-refractivity contribution is 7.98. The predicted octanol–water partition coefficient (Wildman–Crippen LogP) is 6.28. The molecule has 178 valence electrons. The van der Waals surface area contributed by atoms with Crippen LogP contribution in [-0.4, -0.2) is 33.9 Å². The number of H-pyrrole nitrogens is 1. The average molecular weight is 499 g/mol. The summed E-state index contributed by atoms with van der Waals surface area (Å²) < 4.78 is 38.8. The smallest absolute Gasteiger partial charge is 0.372 e. The van der Waals surface area contributed by atoms with Crippen molar-refractivity contribution in [3.63, 3.8) is 0 Å². The molecule has 33 heavy (non-hydrogen) atoms. The number of imidazole rings is 1. The first-order chi connectivity index (χ1) is 15.6. The molecule has 0 saturated carbocycles. The number of thioether (sulfide) groups is 1. The molecule has 3 N–H and O–H groups in total. The molecule has 0 aliphatic rings. The van der Waals surface area contributed by atoms with Crippen molar-refractivity contribution in [1.82, 2.24) is 15.3 Å². The summed E-state index contributed by atoms with van der Waals surface area (Å²) in [5.74, 6) is 1.04. The van der Waals surface area contributed by atoms with Crippen molar-refractivity contribution >= 4 is 46.0 Å². The molecule has 0 radical (unpaired) electrons. The summed E-state index contributed by atoms with van der Waals surface area (Å²) in [6, 6.07) is 9.62. The van der Waals surface area contributed by atoms with Crippen LogP contribution >= 0.6 is 23.4 Å². The second-order valence-corrected chi connectivity index (χ2v) is 9.43. The number of nitrogens with one attached hydrogen (secondary N) is 3. The van der Waals surface area contributed by atoms with Gasteiger partial charge in [-0.2, -0.15) is 24.9 Å². The zero-order valence-electron chi connectivity index (χ0n) is 18.5. The molecule has 0 saturated heterocycles. The van der Waals surface area contributed by atoms with Gasteiger partial charge in [0.1, 0.15) is 11.9 Å². The lowest BCUT2D eigenvalue weighted by atomic mass is 10.0. The Hall–Kier alpha value is -2.39. The molecule has 1 aromatic heterocycles. The quantitative estimate of drug-likeness (QED) is 0.324. The van der Waals surface area contributed by atoms with Crippen LogP contribution in [0.3, 0.4) is 0 Å². The van der Waals surface area contributed by atoms with Crippen LogP contribution in [0, 0.1) is 5.92 Å². The number of aromatic nitrogens is 2. The Kier molecular flexibility index (Phi) is 8.18. The molecule has 3 rings (SSSR count). The minimum absolute atomic E-state index is 0.0977. The van der Waals surface area contributed by atoms with Crippen molar-refractivity contribution in [3.8, 4) is 0 Å². The maximum absolute atomic E-state index is 13.2. The predicted molar refractivity (Wildman–Crippen MR) is 129 cm³/mol. The molecule has 2 atom stereocenters. The molecular formula is C23H26ClF3N4OS. The molecular weight excluding hydrogens is 473 g/mol. The standard InChI is InChI=1S/C23H26ClF3N4OS/c1-13(2)20(28-16-9-8-14(12-15(16)24)23(25,26)27)22(32)31-19(10-11-33-3)21-29-17-6-4-5-7-18(17)30-21/h4-9,12-13,19-20,28H,10-11H2,1-3H3,(H,29,30)(H,31,32). The molecule has 1 amide bonds. The number of carbonyl (C=O) groups excluding carboxylic acids is 1. The Bertz CT molecular complexity index is 1070. The summed E-state index contributed by atoms with van der Waals surface area (Å²) in [6.45, 7) is 3.71. The number of alkyl halides is 3. The summed E-state index contributed by atoms with van der Waals surface area (Å²) in [5, 5.41) is 5.97. The maximum atomic E-state index is 13.2. The Morgan fingerprint density at radius 1 is 1.21 bits per heavy atom. The van der Waals surface area contributed by atoms with E-state index in [9.17, 15) is 18.0 Å². The summed E-state index contributed by atoms with van der Waals surface area (Å²) in [5.41, 5.74) is 1.12. The molecule has 0 aliphatic carbocycles. The third-order valence-electron chi connectivity index (χ3n) is 5.22. The fraction of sp³-hybridized carbons (Fsp3) is 0.391. The van der Waals surface area contributed by atoms with Crippen LogP contribution in [0.4, 0.5) is 18.9 Å². The van der Waals surface area contributed by atoms with E-state index in [2.05, 4.69) is 20.6 Å². The first kappa shape index (κ1) is 25.2. The van der Waals surface area contributed by atoms with Gasteiger partial charge < -0.3 is 15.6 Å². The fourth-order valence-electron chi connectivity index (χ4n) is 3.42. The van der Waals surface area contributed by atoms with E-state index in [4.69, 9.17) is 11.6 Å². The van der Waals surface area contributed by atoms with Gasteiger partial charge in [-0.3, -0.25) is 4.79 Å². The van der Waals surface area contributed by atoms with Gasteiger partial charge in [0.2, 0.25) is 5.91 Å². The average Bonchev–Trinajstić information content (AvgIpc) is 3.18. The van der Waals surface area contributed by atoms with Crippen LogP contribution in [0.15, 0.2) is 42.5 Å². The number of hydrogen-bond acceptors (Lipinski definition) is 4. The Morgan fingerprint density at radius 3 is 2.55 bits per heavy atom. The minimum Gasteiger partial charge on any atom is -0.372 e. The molecule has 10 heteroatoms. The van der Waals surface area contributed by atoms with Crippen molar-refractivity contribution in [2.75, 3.05) is 17.3 Å². The number of hydrogen-bond donors (Lipinski definition) is 3. The van der Waals surface area contributed by atoms with Crippen LogP contribution in [0.1, 0.15) is 37.7 Å². The molecule has 1 heterocycles. The van der Waals surface area contributed by atoms with E-state index < -0.39 is 17.8 Å². The summed E-state index contributed by atoms with van der Waals surface area (Å²) >= 11 is 7.76. The van der Waals surface area contributed by atoms with Gasteiger partial charge in [0.05, 0.1) is 33.3 Å². The number of fused-ring (bicyclic) bond motifs is 1.